The van der Waals surface area contributed by atoms with E-state index in [4.69, 9.17) is 17.0 Å². The van der Waals surface area contributed by atoms with Gasteiger partial charge in [0.05, 0.1) is 29.4 Å². The summed E-state index contributed by atoms with van der Waals surface area (Å²) >= 11 is 6.44. The average Bonchev–Trinajstić information content (AvgIpc) is 2.90. The number of carbonyl (C=O) groups excluding carboxylic acids is 2. The summed E-state index contributed by atoms with van der Waals surface area (Å²) in [5.74, 6) is -0.718. The van der Waals surface area contributed by atoms with E-state index in [1.54, 1.807) is 39.5 Å². The van der Waals surface area contributed by atoms with E-state index >= 15 is 0 Å². The monoisotopic (exact) mass is 378 g/mol. The first-order chi connectivity index (χ1) is 11.8. The number of nitrogens with one attached hydrogen (secondary N) is 2. The molecule has 0 radical (unpaired) electrons. The number of hydrogen-bond donors (Lipinski definition) is 2. The number of thiophene rings is 1. The number of pyridine rings is 1. The molecule has 0 bridgehead atoms. The molecule has 0 aliphatic heterocycles. The Kier molecular flexibility index (Phi) is 6.05. The first-order valence-corrected chi connectivity index (χ1v) is 8.49. The molecule has 9 heteroatoms. The molecule has 0 fully saturated rings. The molecular weight excluding hydrogens is 360 g/mol. The summed E-state index contributed by atoms with van der Waals surface area (Å²) in [6, 6.07) is 3.58. The maximum Gasteiger partial charge on any atom is 0.341 e. The summed E-state index contributed by atoms with van der Waals surface area (Å²) in [5.41, 5.74) is 1.56. The van der Waals surface area contributed by atoms with E-state index in [1.165, 1.54) is 12.0 Å². The maximum absolute atomic E-state index is 12.3. The molecule has 1 amide bonds. The lowest BCUT2D eigenvalue weighted by Crippen LogP contribution is -2.21. The van der Waals surface area contributed by atoms with Crippen molar-refractivity contribution < 1.29 is 14.3 Å². The molecule has 0 aliphatic rings. The summed E-state index contributed by atoms with van der Waals surface area (Å²) in [4.78, 5) is 30.4. The van der Waals surface area contributed by atoms with E-state index in [9.17, 15) is 9.59 Å². The third-order valence-corrected chi connectivity index (χ3v) is 4.68. The van der Waals surface area contributed by atoms with E-state index < -0.39 is 5.97 Å². The van der Waals surface area contributed by atoms with Crippen LogP contribution in [-0.2, 0) is 4.74 Å². The largest absolute Gasteiger partial charge is 0.465 e. The number of anilines is 2. The third-order valence-electron chi connectivity index (χ3n) is 3.28. The lowest BCUT2D eigenvalue weighted by atomic mass is 10.1. The van der Waals surface area contributed by atoms with Crippen molar-refractivity contribution in [3.8, 4) is 0 Å². The average molecular weight is 378 g/mol. The molecule has 2 aromatic rings. The van der Waals surface area contributed by atoms with Gasteiger partial charge in [0.1, 0.15) is 5.00 Å². The van der Waals surface area contributed by atoms with Crippen molar-refractivity contribution in [2.45, 2.75) is 6.92 Å². The highest BCUT2D eigenvalue weighted by molar-refractivity contribution is 7.80. The lowest BCUT2D eigenvalue weighted by Gasteiger charge is -2.10. The number of ether oxygens (including phenoxy) is 1. The molecule has 7 nitrogen and oxygen atoms in total. The van der Waals surface area contributed by atoms with E-state index in [2.05, 4.69) is 15.6 Å². The standard InChI is InChI=1S/C16H18N4O3S2/c1-9-11(15(22)23-4)13(25-12(9)14(21)20(2)3)19-16(24)18-10-6-5-7-17-8-10/h5-8H,1-4H3,(H2,18,19,24). The maximum atomic E-state index is 12.3. The Balaban J connectivity index is 2.32. The SMILES string of the molecule is COC(=O)c1c(NC(=S)Nc2cccnc2)sc(C(=O)N(C)C)c1C. The fourth-order valence-electron chi connectivity index (χ4n) is 2.06. The second-order valence-corrected chi connectivity index (χ2v) is 6.70. The van der Waals surface area contributed by atoms with Crippen LogP contribution in [0, 0.1) is 6.92 Å². The number of esters is 1. The zero-order valence-corrected chi connectivity index (χ0v) is 15.9. The molecule has 0 saturated carbocycles. The van der Waals surface area contributed by atoms with Gasteiger partial charge in [-0.05, 0) is 36.8 Å². The number of methoxy groups -OCH3 is 1. The number of carbonyl (C=O) groups is 2. The molecule has 0 unspecified atom stereocenters. The van der Waals surface area contributed by atoms with Crippen molar-refractivity contribution in [2.24, 2.45) is 0 Å². The van der Waals surface area contributed by atoms with Gasteiger partial charge in [0, 0.05) is 20.3 Å². The van der Waals surface area contributed by atoms with Gasteiger partial charge in [-0.2, -0.15) is 0 Å². The highest BCUT2D eigenvalue weighted by Crippen LogP contribution is 2.34. The number of hydrogen-bond acceptors (Lipinski definition) is 6. The number of nitrogens with zero attached hydrogens (tertiary/aromatic N) is 2. The number of thiocarbonyl (C=S) groups is 1. The van der Waals surface area contributed by atoms with Crippen LogP contribution in [-0.4, -0.2) is 48.1 Å². The van der Waals surface area contributed by atoms with E-state index in [0.29, 0.717) is 26.7 Å². The van der Waals surface area contributed by atoms with Crippen LogP contribution >= 0.6 is 23.6 Å². The molecule has 0 spiro atoms. The number of rotatable bonds is 4. The molecule has 25 heavy (non-hydrogen) atoms. The first kappa shape index (κ1) is 18.8. The van der Waals surface area contributed by atoms with Gasteiger partial charge in [-0.1, -0.05) is 0 Å². The minimum absolute atomic E-state index is 0.188. The van der Waals surface area contributed by atoms with Gasteiger partial charge in [0.15, 0.2) is 5.11 Å². The van der Waals surface area contributed by atoms with Crippen molar-refractivity contribution in [1.82, 2.24) is 9.88 Å². The van der Waals surface area contributed by atoms with Crippen molar-refractivity contribution in [1.29, 1.82) is 0 Å². The van der Waals surface area contributed by atoms with Gasteiger partial charge in [-0.15, -0.1) is 11.3 Å². The fraction of sp³-hybridized carbons (Fsp3) is 0.250. The van der Waals surface area contributed by atoms with Crippen molar-refractivity contribution in [3.63, 3.8) is 0 Å². The molecule has 132 valence electrons. The van der Waals surface area contributed by atoms with Gasteiger partial charge in [0.2, 0.25) is 0 Å². The summed E-state index contributed by atoms with van der Waals surface area (Å²) in [7, 11) is 4.60. The molecule has 2 rings (SSSR count). The second kappa shape index (κ2) is 8.04. The molecule has 0 aliphatic carbocycles. The van der Waals surface area contributed by atoms with Crippen LogP contribution in [0.25, 0.3) is 0 Å². The Morgan fingerprint density at radius 2 is 2.04 bits per heavy atom. The summed E-state index contributed by atoms with van der Waals surface area (Å²) in [6.07, 6.45) is 3.27. The van der Waals surface area contributed by atoms with Crippen LogP contribution in [0.15, 0.2) is 24.5 Å². The van der Waals surface area contributed by atoms with Crippen molar-refractivity contribution >= 4 is 51.2 Å². The van der Waals surface area contributed by atoms with E-state index in [-0.39, 0.29) is 11.0 Å². The zero-order chi connectivity index (χ0) is 18.6. The van der Waals surface area contributed by atoms with E-state index in [1.807, 2.05) is 6.07 Å². The number of aromatic nitrogens is 1. The van der Waals surface area contributed by atoms with Crippen LogP contribution in [0.2, 0.25) is 0 Å². The smallest absolute Gasteiger partial charge is 0.341 e. The molecule has 2 N–H and O–H groups in total. The topological polar surface area (TPSA) is 83.6 Å². The Morgan fingerprint density at radius 1 is 1.32 bits per heavy atom. The normalized spacial score (nSPS) is 10.1. The summed E-state index contributed by atoms with van der Waals surface area (Å²) in [6.45, 7) is 1.71. The Morgan fingerprint density at radius 3 is 2.60 bits per heavy atom. The van der Waals surface area contributed by atoms with E-state index in [0.717, 1.165) is 11.3 Å². The molecule has 0 aromatic carbocycles. The minimum atomic E-state index is -0.529. The molecule has 0 atom stereocenters. The van der Waals surface area contributed by atoms with Crippen LogP contribution < -0.4 is 10.6 Å². The van der Waals surface area contributed by atoms with Crippen molar-refractivity contribution in [2.75, 3.05) is 31.8 Å². The van der Waals surface area contributed by atoms with Gasteiger partial charge < -0.3 is 20.3 Å². The predicted octanol–water partition coefficient (Wildman–Crippen LogP) is 2.75. The molecule has 2 aromatic heterocycles. The van der Waals surface area contributed by atoms with Crippen LogP contribution in [0.4, 0.5) is 10.7 Å². The van der Waals surface area contributed by atoms with Gasteiger partial charge in [-0.3, -0.25) is 9.78 Å². The highest BCUT2D eigenvalue weighted by atomic mass is 32.1. The predicted molar refractivity (Wildman–Crippen MR) is 102 cm³/mol. The summed E-state index contributed by atoms with van der Waals surface area (Å²) in [5, 5.41) is 6.68. The number of amides is 1. The lowest BCUT2D eigenvalue weighted by molar-refractivity contribution is 0.0601. The fourth-order valence-corrected chi connectivity index (χ4v) is 3.56. The first-order valence-electron chi connectivity index (χ1n) is 7.26. The minimum Gasteiger partial charge on any atom is -0.465 e. The van der Waals surface area contributed by atoms with Gasteiger partial charge in [0.25, 0.3) is 5.91 Å². The Hall–Kier alpha value is -2.52. The molecule has 2 heterocycles. The third kappa shape index (κ3) is 4.31. The van der Waals surface area contributed by atoms with Crippen molar-refractivity contribution in [3.05, 3.63) is 40.5 Å². The second-order valence-electron chi connectivity index (χ2n) is 5.27. The Bertz CT molecular complexity index is 803. The van der Waals surface area contributed by atoms with Crippen LogP contribution in [0.1, 0.15) is 25.6 Å². The summed E-state index contributed by atoms with van der Waals surface area (Å²) < 4.78 is 4.84. The quantitative estimate of drug-likeness (QED) is 0.625. The molecule has 0 saturated heterocycles. The zero-order valence-electron chi connectivity index (χ0n) is 14.2. The van der Waals surface area contributed by atoms with Gasteiger partial charge in [-0.25, -0.2) is 4.79 Å². The van der Waals surface area contributed by atoms with Gasteiger partial charge >= 0.3 is 5.97 Å². The Labute approximate surface area is 155 Å². The van der Waals surface area contributed by atoms with Crippen LogP contribution in [0.5, 0.6) is 0 Å². The highest BCUT2D eigenvalue weighted by Gasteiger charge is 2.26. The molecular formula is C16H18N4O3S2. The van der Waals surface area contributed by atoms with Crippen LogP contribution in [0.3, 0.4) is 0 Å².